The van der Waals surface area contributed by atoms with Crippen molar-refractivity contribution in [3.63, 3.8) is 0 Å². The van der Waals surface area contributed by atoms with Gasteiger partial charge in [-0.3, -0.25) is 4.79 Å². The van der Waals surface area contributed by atoms with Crippen LogP contribution in [0.5, 0.6) is 0 Å². The third-order valence-electron chi connectivity index (χ3n) is 6.42. The zero-order chi connectivity index (χ0) is 27.1. The van der Waals surface area contributed by atoms with Crippen molar-refractivity contribution >= 4 is 17.7 Å². The second kappa shape index (κ2) is 12.6. The minimum absolute atomic E-state index is 0.110. The van der Waals surface area contributed by atoms with Crippen molar-refractivity contribution in [1.29, 1.82) is 0 Å². The van der Waals surface area contributed by atoms with Crippen molar-refractivity contribution < 1.29 is 9.53 Å². The Balaban J connectivity index is 1.73. The number of ether oxygens (including phenoxy) is 1. The maximum Gasteiger partial charge on any atom is 0.309 e. The van der Waals surface area contributed by atoms with E-state index >= 15 is 0 Å². The van der Waals surface area contributed by atoms with E-state index in [1.165, 1.54) is 27.1 Å². The smallest absolute Gasteiger partial charge is 0.309 e. The van der Waals surface area contributed by atoms with Gasteiger partial charge in [0.2, 0.25) is 0 Å². The van der Waals surface area contributed by atoms with E-state index in [1.54, 1.807) is 11.8 Å². The number of rotatable bonds is 10. The summed E-state index contributed by atoms with van der Waals surface area (Å²) in [5.41, 5.74) is 5.77. The Morgan fingerprint density at radius 1 is 0.833 bits per heavy atom. The van der Waals surface area contributed by atoms with Crippen LogP contribution < -0.4 is 5.32 Å². The lowest BCUT2D eigenvalue weighted by Crippen LogP contribution is -2.22. The highest BCUT2D eigenvalue weighted by Crippen LogP contribution is 2.30. The highest BCUT2D eigenvalue weighted by atomic mass is 32.2. The van der Waals surface area contributed by atoms with Crippen LogP contribution in [0.25, 0.3) is 0 Å². The fourth-order valence-electron chi connectivity index (χ4n) is 3.75. The summed E-state index contributed by atoms with van der Waals surface area (Å²) in [6, 6.07) is 15.6. The fraction of sp³-hybridized carbons (Fsp3) is 0.594. The molecule has 3 nitrogen and oxygen atoms in total. The first-order chi connectivity index (χ1) is 16.6. The molecule has 0 aromatic heterocycles. The van der Waals surface area contributed by atoms with Crippen LogP contribution in [0.3, 0.4) is 0 Å². The zero-order valence-electron chi connectivity index (χ0n) is 24.4. The molecule has 1 N–H and O–H groups in total. The van der Waals surface area contributed by atoms with Crippen molar-refractivity contribution in [3.05, 3.63) is 64.7 Å². The lowest BCUT2D eigenvalue weighted by Gasteiger charge is -2.26. The van der Waals surface area contributed by atoms with E-state index in [0.29, 0.717) is 6.61 Å². The molecule has 0 bridgehead atoms. The normalized spacial score (nSPS) is 13.5. The van der Waals surface area contributed by atoms with Crippen molar-refractivity contribution in [2.24, 2.45) is 5.92 Å². The summed E-state index contributed by atoms with van der Waals surface area (Å²) in [4.78, 5) is 13.6. The molecule has 0 radical (unpaired) electrons. The van der Waals surface area contributed by atoms with Gasteiger partial charge in [0.1, 0.15) is 0 Å². The van der Waals surface area contributed by atoms with E-state index in [-0.39, 0.29) is 28.1 Å². The number of hydrogen-bond donors (Lipinski definition) is 1. The van der Waals surface area contributed by atoms with E-state index < -0.39 is 0 Å². The van der Waals surface area contributed by atoms with Gasteiger partial charge in [0.25, 0.3) is 0 Å². The summed E-state index contributed by atoms with van der Waals surface area (Å²) in [6.45, 7) is 24.3. The SMILES string of the molecule is CC(CSc1ccc(C(C)(C)C)cc1)C(=O)OCCCNCc1cc(C(C)(C)C)cc(C(C)(C)C)c1. The number of carbonyl (C=O) groups excluding carboxylic acids is 1. The van der Waals surface area contributed by atoms with Gasteiger partial charge in [-0.05, 0) is 63.6 Å². The molecule has 2 aromatic carbocycles. The molecule has 0 fully saturated rings. The molecule has 0 saturated heterocycles. The maximum atomic E-state index is 12.4. The van der Waals surface area contributed by atoms with E-state index in [4.69, 9.17) is 4.74 Å². The van der Waals surface area contributed by atoms with Gasteiger partial charge in [-0.25, -0.2) is 0 Å². The molecule has 0 amide bonds. The first kappa shape index (κ1) is 30.4. The van der Waals surface area contributed by atoms with Crippen LogP contribution in [0.15, 0.2) is 47.4 Å². The summed E-state index contributed by atoms with van der Waals surface area (Å²) in [7, 11) is 0. The molecule has 0 aliphatic rings. The molecule has 0 aliphatic heterocycles. The Labute approximate surface area is 225 Å². The molecule has 2 aromatic rings. The third-order valence-corrected chi connectivity index (χ3v) is 7.69. The number of thioether (sulfide) groups is 1. The van der Waals surface area contributed by atoms with Gasteiger partial charge in [-0.15, -0.1) is 11.8 Å². The lowest BCUT2D eigenvalue weighted by molar-refractivity contribution is -0.147. The number of esters is 1. The summed E-state index contributed by atoms with van der Waals surface area (Å²) < 4.78 is 5.54. The van der Waals surface area contributed by atoms with E-state index in [1.807, 2.05) is 6.92 Å². The molecular formula is C32H49NO2S. The number of benzene rings is 2. The average molecular weight is 512 g/mol. The Bertz CT molecular complexity index is 943. The van der Waals surface area contributed by atoms with E-state index in [9.17, 15) is 4.79 Å². The van der Waals surface area contributed by atoms with E-state index in [0.717, 1.165) is 25.3 Å². The largest absolute Gasteiger partial charge is 0.465 e. The molecule has 1 unspecified atom stereocenters. The Kier molecular flexibility index (Phi) is 10.7. The van der Waals surface area contributed by atoms with Gasteiger partial charge < -0.3 is 10.1 Å². The Morgan fingerprint density at radius 2 is 1.36 bits per heavy atom. The third kappa shape index (κ3) is 9.94. The molecule has 4 heteroatoms. The molecule has 0 spiro atoms. The molecule has 1 atom stereocenters. The second-order valence-corrected chi connectivity index (χ2v) is 14.2. The molecule has 0 aliphatic carbocycles. The Hall–Kier alpha value is -1.78. The highest BCUT2D eigenvalue weighted by Gasteiger charge is 2.20. The van der Waals surface area contributed by atoms with Gasteiger partial charge in [0.15, 0.2) is 0 Å². The molecular weight excluding hydrogens is 462 g/mol. The van der Waals surface area contributed by atoms with Gasteiger partial charge in [0.05, 0.1) is 12.5 Å². The maximum absolute atomic E-state index is 12.4. The van der Waals surface area contributed by atoms with Crippen molar-refractivity contribution in [2.45, 2.75) is 103 Å². The summed E-state index contributed by atoms with van der Waals surface area (Å²) in [5.74, 6) is 0.495. The quantitative estimate of drug-likeness (QED) is 0.199. The van der Waals surface area contributed by atoms with Gasteiger partial charge >= 0.3 is 5.97 Å². The second-order valence-electron chi connectivity index (χ2n) is 13.1. The lowest BCUT2D eigenvalue weighted by atomic mass is 9.79. The van der Waals surface area contributed by atoms with Crippen LogP contribution in [0, 0.1) is 5.92 Å². The minimum atomic E-state index is -0.124. The monoisotopic (exact) mass is 511 g/mol. The number of carbonyl (C=O) groups is 1. The predicted molar refractivity (Wildman–Crippen MR) is 156 cm³/mol. The minimum Gasteiger partial charge on any atom is -0.465 e. The first-order valence-electron chi connectivity index (χ1n) is 13.3. The fourth-order valence-corrected chi connectivity index (χ4v) is 4.65. The highest BCUT2D eigenvalue weighted by molar-refractivity contribution is 7.99. The molecule has 2 rings (SSSR count). The van der Waals surface area contributed by atoms with Gasteiger partial charge in [-0.1, -0.05) is 99.6 Å². The molecule has 36 heavy (non-hydrogen) atoms. The standard InChI is InChI=1S/C32H49NO2S/c1-23(22-36-28-14-12-25(13-15-28)30(2,3)4)29(34)35-17-11-16-33-21-24-18-26(31(5,6)7)20-27(19-24)32(8,9)10/h12-15,18-20,23,33H,11,16-17,21-22H2,1-10H3. The molecule has 0 heterocycles. The summed E-state index contributed by atoms with van der Waals surface area (Å²) in [5, 5.41) is 3.53. The zero-order valence-corrected chi connectivity index (χ0v) is 25.2. The van der Waals surface area contributed by atoms with Crippen molar-refractivity contribution in [3.8, 4) is 0 Å². The van der Waals surface area contributed by atoms with Crippen LogP contribution in [-0.4, -0.2) is 24.9 Å². The number of nitrogens with one attached hydrogen (secondary N) is 1. The first-order valence-corrected chi connectivity index (χ1v) is 14.3. The number of hydrogen-bond acceptors (Lipinski definition) is 4. The van der Waals surface area contributed by atoms with Crippen LogP contribution >= 0.6 is 11.8 Å². The van der Waals surface area contributed by atoms with Crippen molar-refractivity contribution in [2.75, 3.05) is 18.9 Å². The molecule has 200 valence electrons. The van der Waals surface area contributed by atoms with Gasteiger partial charge in [-0.2, -0.15) is 0 Å². The topological polar surface area (TPSA) is 38.3 Å². The van der Waals surface area contributed by atoms with Gasteiger partial charge in [0, 0.05) is 17.2 Å². The van der Waals surface area contributed by atoms with Crippen LogP contribution in [0.4, 0.5) is 0 Å². The van der Waals surface area contributed by atoms with Crippen molar-refractivity contribution in [1.82, 2.24) is 5.32 Å². The Morgan fingerprint density at radius 3 is 1.86 bits per heavy atom. The van der Waals surface area contributed by atoms with E-state index in [2.05, 4.69) is 110 Å². The van der Waals surface area contributed by atoms with Crippen LogP contribution in [0.1, 0.15) is 97.9 Å². The van der Waals surface area contributed by atoms with Crippen LogP contribution in [0.2, 0.25) is 0 Å². The average Bonchev–Trinajstić information content (AvgIpc) is 2.77. The predicted octanol–water partition coefficient (Wildman–Crippen LogP) is 8.03. The van der Waals surface area contributed by atoms with Crippen LogP contribution in [-0.2, 0) is 32.3 Å². The summed E-state index contributed by atoms with van der Waals surface area (Å²) in [6.07, 6.45) is 0.810. The summed E-state index contributed by atoms with van der Waals surface area (Å²) >= 11 is 1.71. The molecule has 0 saturated carbocycles.